The van der Waals surface area contributed by atoms with Gasteiger partial charge >= 0.3 is 0 Å². The molecule has 15 heavy (non-hydrogen) atoms. The molecule has 1 atom stereocenters. The zero-order chi connectivity index (χ0) is 11.7. The highest BCUT2D eigenvalue weighted by molar-refractivity contribution is 7.87. The summed E-state index contributed by atoms with van der Waals surface area (Å²) in [5, 5.41) is 9.41. The van der Waals surface area contributed by atoms with Crippen LogP contribution in [0.4, 0.5) is 0 Å². The number of rotatable bonds is 4. The molecule has 90 valence electrons. The van der Waals surface area contributed by atoms with Crippen LogP contribution in [0.3, 0.4) is 0 Å². The van der Waals surface area contributed by atoms with Gasteiger partial charge in [0.15, 0.2) is 0 Å². The standard InChI is InChI=1S/C8H19N3O3S/c1-8(2,12)6-10-15(13,14)11-4-3-7(9)5-11/h7,10,12H,3-6,9H2,1-2H3. The second kappa shape index (κ2) is 4.34. The summed E-state index contributed by atoms with van der Waals surface area (Å²) in [5.74, 6) is 0. The largest absolute Gasteiger partial charge is 0.389 e. The number of aliphatic hydroxyl groups is 1. The van der Waals surface area contributed by atoms with Crippen molar-refractivity contribution in [1.82, 2.24) is 9.03 Å². The van der Waals surface area contributed by atoms with Gasteiger partial charge in [-0.3, -0.25) is 0 Å². The average molecular weight is 237 g/mol. The fourth-order valence-corrected chi connectivity index (χ4v) is 2.78. The lowest BCUT2D eigenvalue weighted by Crippen LogP contribution is -2.45. The van der Waals surface area contributed by atoms with Gasteiger partial charge in [-0.2, -0.15) is 17.4 Å². The van der Waals surface area contributed by atoms with Crippen molar-refractivity contribution >= 4 is 10.2 Å². The monoisotopic (exact) mass is 237 g/mol. The number of nitrogens with one attached hydrogen (secondary N) is 1. The quantitative estimate of drug-likeness (QED) is 0.562. The van der Waals surface area contributed by atoms with Crippen LogP contribution in [0.15, 0.2) is 0 Å². The molecule has 0 spiro atoms. The van der Waals surface area contributed by atoms with Gasteiger partial charge in [-0.1, -0.05) is 0 Å². The van der Waals surface area contributed by atoms with Gasteiger partial charge in [0.25, 0.3) is 10.2 Å². The predicted molar refractivity (Wildman–Crippen MR) is 57.4 cm³/mol. The van der Waals surface area contributed by atoms with Crippen molar-refractivity contribution in [3.8, 4) is 0 Å². The first kappa shape index (κ1) is 12.9. The van der Waals surface area contributed by atoms with E-state index in [9.17, 15) is 13.5 Å². The number of hydrogen-bond acceptors (Lipinski definition) is 4. The van der Waals surface area contributed by atoms with Crippen molar-refractivity contribution in [3.63, 3.8) is 0 Å². The highest BCUT2D eigenvalue weighted by Crippen LogP contribution is 2.11. The summed E-state index contributed by atoms with van der Waals surface area (Å²) in [5.41, 5.74) is 4.57. The zero-order valence-electron chi connectivity index (χ0n) is 9.10. The molecule has 1 unspecified atom stereocenters. The van der Waals surface area contributed by atoms with Gasteiger partial charge in [0.1, 0.15) is 0 Å². The van der Waals surface area contributed by atoms with Gasteiger partial charge in [0, 0.05) is 25.7 Å². The van der Waals surface area contributed by atoms with Crippen molar-refractivity contribution in [1.29, 1.82) is 0 Å². The molecule has 1 rings (SSSR count). The molecule has 0 amide bonds. The average Bonchev–Trinajstić information content (AvgIpc) is 2.48. The first-order chi connectivity index (χ1) is 6.71. The first-order valence-corrected chi connectivity index (χ1v) is 6.37. The third-order valence-electron chi connectivity index (χ3n) is 2.21. The van der Waals surface area contributed by atoms with E-state index >= 15 is 0 Å². The summed E-state index contributed by atoms with van der Waals surface area (Å²) < 4.78 is 27.0. The fourth-order valence-electron chi connectivity index (χ4n) is 1.33. The molecule has 0 aromatic rings. The van der Waals surface area contributed by atoms with Crippen LogP contribution in [-0.2, 0) is 10.2 Å². The highest BCUT2D eigenvalue weighted by atomic mass is 32.2. The molecule has 4 N–H and O–H groups in total. The highest BCUT2D eigenvalue weighted by Gasteiger charge is 2.30. The number of hydrogen-bond donors (Lipinski definition) is 3. The van der Waals surface area contributed by atoms with Crippen molar-refractivity contribution in [3.05, 3.63) is 0 Å². The van der Waals surface area contributed by atoms with Gasteiger partial charge in [-0.15, -0.1) is 0 Å². The summed E-state index contributed by atoms with van der Waals surface area (Å²) in [7, 11) is -3.48. The van der Waals surface area contributed by atoms with E-state index in [0.717, 1.165) is 0 Å². The Morgan fingerprint density at radius 1 is 1.60 bits per heavy atom. The lowest BCUT2D eigenvalue weighted by atomic mass is 10.1. The van der Waals surface area contributed by atoms with E-state index in [-0.39, 0.29) is 12.6 Å². The van der Waals surface area contributed by atoms with E-state index in [0.29, 0.717) is 19.5 Å². The number of nitrogens with two attached hydrogens (primary N) is 1. The van der Waals surface area contributed by atoms with Gasteiger partial charge in [0.2, 0.25) is 0 Å². The Balaban J connectivity index is 2.53. The maximum atomic E-state index is 11.7. The van der Waals surface area contributed by atoms with E-state index in [1.165, 1.54) is 4.31 Å². The zero-order valence-corrected chi connectivity index (χ0v) is 9.92. The van der Waals surface area contributed by atoms with Crippen LogP contribution >= 0.6 is 0 Å². The Kier molecular flexibility index (Phi) is 3.72. The van der Waals surface area contributed by atoms with E-state index in [1.807, 2.05) is 0 Å². The minimum absolute atomic E-state index is 0.00106. The molecule has 1 heterocycles. The summed E-state index contributed by atoms with van der Waals surface area (Å²) in [4.78, 5) is 0. The second-order valence-corrected chi connectivity index (χ2v) is 6.30. The van der Waals surface area contributed by atoms with Crippen molar-refractivity contribution in [2.45, 2.75) is 31.9 Å². The third kappa shape index (κ3) is 4.04. The predicted octanol–water partition coefficient (Wildman–Crippen LogP) is -1.38. The molecule has 1 aliphatic heterocycles. The van der Waals surface area contributed by atoms with E-state index in [4.69, 9.17) is 5.73 Å². The maximum Gasteiger partial charge on any atom is 0.279 e. The molecular weight excluding hydrogens is 218 g/mol. The van der Waals surface area contributed by atoms with E-state index in [1.54, 1.807) is 13.8 Å². The van der Waals surface area contributed by atoms with Crippen LogP contribution in [0.1, 0.15) is 20.3 Å². The topological polar surface area (TPSA) is 95.7 Å². The Hall–Kier alpha value is -0.210. The van der Waals surface area contributed by atoms with Crippen LogP contribution in [0, 0.1) is 0 Å². The van der Waals surface area contributed by atoms with Gasteiger partial charge in [-0.05, 0) is 20.3 Å². The number of nitrogens with zero attached hydrogens (tertiary/aromatic N) is 1. The molecule has 1 aliphatic rings. The van der Waals surface area contributed by atoms with E-state index < -0.39 is 15.8 Å². The molecule has 0 aromatic carbocycles. The summed E-state index contributed by atoms with van der Waals surface area (Å²) in [6.07, 6.45) is 0.684. The van der Waals surface area contributed by atoms with Gasteiger partial charge in [0.05, 0.1) is 5.60 Å². The Labute approximate surface area is 90.6 Å². The lowest BCUT2D eigenvalue weighted by Gasteiger charge is -2.21. The Morgan fingerprint density at radius 3 is 2.60 bits per heavy atom. The molecule has 0 saturated carbocycles. The molecule has 6 nitrogen and oxygen atoms in total. The van der Waals surface area contributed by atoms with Crippen molar-refractivity contribution in [2.24, 2.45) is 5.73 Å². The molecule has 0 bridgehead atoms. The van der Waals surface area contributed by atoms with Crippen molar-refractivity contribution < 1.29 is 13.5 Å². The minimum Gasteiger partial charge on any atom is -0.389 e. The van der Waals surface area contributed by atoms with Crippen LogP contribution in [0.25, 0.3) is 0 Å². The SMILES string of the molecule is CC(C)(O)CNS(=O)(=O)N1CCC(N)C1. The summed E-state index contributed by atoms with van der Waals surface area (Å²) in [6, 6.07) is -0.0799. The van der Waals surface area contributed by atoms with Crippen LogP contribution in [0.5, 0.6) is 0 Å². The fraction of sp³-hybridized carbons (Fsp3) is 1.00. The lowest BCUT2D eigenvalue weighted by molar-refractivity contribution is 0.0852. The van der Waals surface area contributed by atoms with Gasteiger partial charge in [-0.25, -0.2) is 0 Å². The molecular formula is C8H19N3O3S. The summed E-state index contributed by atoms with van der Waals surface area (Å²) >= 11 is 0. The first-order valence-electron chi connectivity index (χ1n) is 4.93. The van der Waals surface area contributed by atoms with E-state index in [2.05, 4.69) is 4.72 Å². The molecule has 0 aromatic heterocycles. The molecule has 1 fully saturated rings. The maximum absolute atomic E-state index is 11.7. The van der Waals surface area contributed by atoms with Crippen LogP contribution in [-0.4, -0.2) is 49.1 Å². The Bertz CT molecular complexity index is 310. The van der Waals surface area contributed by atoms with Crippen molar-refractivity contribution in [2.75, 3.05) is 19.6 Å². The second-order valence-electron chi connectivity index (χ2n) is 4.55. The van der Waals surface area contributed by atoms with Crippen LogP contribution in [0.2, 0.25) is 0 Å². The molecule has 0 aliphatic carbocycles. The summed E-state index contributed by atoms with van der Waals surface area (Å²) in [6.45, 7) is 3.89. The van der Waals surface area contributed by atoms with Crippen LogP contribution < -0.4 is 10.5 Å². The normalized spacial score (nSPS) is 24.7. The molecule has 1 saturated heterocycles. The van der Waals surface area contributed by atoms with Gasteiger partial charge < -0.3 is 10.8 Å². The Morgan fingerprint density at radius 2 is 2.20 bits per heavy atom. The minimum atomic E-state index is -3.48. The smallest absolute Gasteiger partial charge is 0.279 e. The molecule has 7 heteroatoms. The molecule has 0 radical (unpaired) electrons. The third-order valence-corrected chi connectivity index (χ3v) is 3.74.